The molecule has 0 spiro atoms. The van der Waals surface area contributed by atoms with E-state index >= 15 is 0 Å². The number of hydrogen-bond acceptors (Lipinski definition) is 5. The molecule has 0 bridgehead atoms. The molecular weight excluding hydrogens is 348 g/mol. The lowest BCUT2D eigenvalue weighted by atomic mass is 10.2. The highest BCUT2D eigenvalue weighted by Crippen LogP contribution is 2.17. The predicted molar refractivity (Wildman–Crippen MR) is 78.0 cm³/mol. The first-order valence-corrected chi connectivity index (χ1v) is 8.35. The van der Waals surface area contributed by atoms with Gasteiger partial charge in [-0.1, -0.05) is 15.9 Å². The summed E-state index contributed by atoms with van der Waals surface area (Å²) < 4.78 is 29.8. The number of ether oxygens (including phenoxy) is 1. The maximum absolute atomic E-state index is 12.0. The summed E-state index contributed by atoms with van der Waals surface area (Å²) in [6.45, 7) is 4.92. The molecule has 0 aliphatic heterocycles. The highest BCUT2D eigenvalue weighted by atomic mass is 79.9. The molecule has 1 N–H and O–H groups in total. The van der Waals surface area contributed by atoms with Crippen LogP contribution in [0.5, 0.6) is 0 Å². The van der Waals surface area contributed by atoms with Crippen LogP contribution in [-0.2, 0) is 19.4 Å². The zero-order valence-corrected chi connectivity index (χ0v) is 13.9. The third-order valence-electron chi connectivity index (χ3n) is 2.23. The van der Waals surface area contributed by atoms with E-state index < -0.39 is 33.3 Å². The minimum absolute atomic E-state index is 0.0447. The molecule has 1 unspecified atom stereocenters. The summed E-state index contributed by atoms with van der Waals surface area (Å²) in [4.78, 5) is 11.6. The molecule has 1 atom stereocenters. The summed E-state index contributed by atoms with van der Waals surface area (Å²) in [6, 6.07) is 5.96. The Hall–Kier alpha value is -0.920. The fourth-order valence-electron chi connectivity index (χ4n) is 1.38. The molecule has 1 rings (SSSR count). The molecule has 112 valence electrons. The van der Waals surface area contributed by atoms with Gasteiger partial charge in [0.25, 0.3) is 0 Å². The topological polar surface area (TPSA) is 80.7 Å². The fourth-order valence-corrected chi connectivity index (χ4v) is 2.94. The first-order valence-electron chi connectivity index (χ1n) is 5.90. The molecule has 0 aromatic heterocycles. The second-order valence-electron chi connectivity index (χ2n) is 5.28. The van der Waals surface area contributed by atoms with Crippen molar-refractivity contribution in [2.24, 2.45) is 0 Å². The fraction of sp³-hybridized carbons (Fsp3) is 0.462. The van der Waals surface area contributed by atoms with E-state index in [1.165, 1.54) is 12.1 Å². The summed E-state index contributed by atoms with van der Waals surface area (Å²) in [5.41, 5.74) is -0.778. The summed E-state index contributed by atoms with van der Waals surface area (Å²) >= 11 is 3.20. The third-order valence-corrected chi connectivity index (χ3v) is 4.50. The van der Waals surface area contributed by atoms with Crippen LogP contribution in [0.3, 0.4) is 0 Å². The number of hydrogen-bond donors (Lipinski definition) is 1. The van der Waals surface area contributed by atoms with Gasteiger partial charge in [0.1, 0.15) is 5.60 Å². The Morgan fingerprint density at radius 2 is 1.80 bits per heavy atom. The van der Waals surface area contributed by atoms with Crippen LogP contribution in [0.4, 0.5) is 0 Å². The molecule has 0 saturated carbocycles. The van der Waals surface area contributed by atoms with Crippen molar-refractivity contribution in [3.8, 4) is 0 Å². The van der Waals surface area contributed by atoms with Crippen LogP contribution in [0.15, 0.2) is 33.6 Å². The first-order chi connectivity index (χ1) is 9.01. The normalized spacial score (nSPS) is 13.8. The van der Waals surface area contributed by atoms with Crippen LogP contribution in [-0.4, -0.2) is 37.0 Å². The number of halogens is 1. The van der Waals surface area contributed by atoms with Crippen molar-refractivity contribution in [3.05, 3.63) is 28.7 Å². The van der Waals surface area contributed by atoms with E-state index in [4.69, 9.17) is 4.74 Å². The maximum Gasteiger partial charge on any atom is 0.336 e. The highest BCUT2D eigenvalue weighted by molar-refractivity contribution is 9.10. The van der Waals surface area contributed by atoms with E-state index in [9.17, 15) is 18.3 Å². The SMILES string of the molecule is CC(C)(C)OC(=O)C(O)CS(=O)(=O)c1ccc(Br)cc1. The Kier molecular flexibility index (Phi) is 5.34. The maximum atomic E-state index is 12.0. The van der Waals surface area contributed by atoms with Crippen molar-refractivity contribution in [3.63, 3.8) is 0 Å². The second-order valence-corrected chi connectivity index (χ2v) is 8.23. The molecule has 0 saturated heterocycles. The Labute approximate surface area is 127 Å². The van der Waals surface area contributed by atoms with Crippen LogP contribution in [0, 0.1) is 0 Å². The summed E-state index contributed by atoms with van der Waals surface area (Å²) in [5, 5.41) is 9.67. The number of carbonyl (C=O) groups excluding carboxylic acids is 1. The van der Waals surface area contributed by atoms with Crippen molar-refractivity contribution in [1.82, 2.24) is 0 Å². The molecule has 0 aliphatic carbocycles. The van der Waals surface area contributed by atoms with Crippen molar-refractivity contribution in [2.45, 2.75) is 37.4 Å². The number of aliphatic hydroxyl groups excluding tert-OH is 1. The molecule has 7 heteroatoms. The monoisotopic (exact) mass is 364 g/mol. The molecule has 5 nitrogen and oxygen atoms in total. The molecule has 0 aliphatic rings. The van der Waals surface area contributed by atoms with E-state index in [-0.39, 0.29) is 4.90 Å². The zero-order chi connectivity index (χ0) is 15.6. The molecule has 0 radical (unpaired) electrons. The standard InChI is InChI=1S/C13H17BrO5S/c1-13(2,3)19-12(16)11(15)8-20(17,18)10-6-4-9(14)5-7-10/h4-7,11,15H,8H2,1-3H3. The van der Waals surface area contributed by atoms with Gasteiger partial charge in [-0.3, -0.25) is 0 Å². The predicted octanol–water partition coefficient (Wildman–Crippen LogP) is 1.93. The van der Waals surface area contributed by atoms with Gasteiger partial charge in [0.2, 0.25) is 0 Å². The van der Waals surface area contributed by atoms with Crippen LogP contribution in [0.2, 0.25) is 0 Å². The van der Waals surface area contributed by atoms with Gasteiger partial charge in [-0.15, -0.1) is 0 Å². The molecule has 1 aromatic rings. The Bertz CT molecular complexity index is 572. The molecule has 0 amide bonds. The minimum Gasteiger partial charge on any atom is -0.458 e. The number of esters is 1. The lowest BCUT2D eigenvalue weighted by Gasteiger charge is -2.21. The van der Waals surface area contributed by atoms with Crippen LogP contribution >= 0.6 is 15.9 Å². The number of aliphatic hydroxyl groups is 1. The van der Waals surface area contributed by atoms with E-state index in [1.807, 2.05) is 0 Å². The smallest absolute Gasteiger partial charge is 0.336 e. The number of sulfone groups is 1. The third kappa shape index (κ3) is 5.22. The molecular formula is C13H17BrO5S. The van der Waals surface area contributed by atoms with E-state index in [0.29, 0.717) is 0 Å². The molecule has 0 fully saturated rings. The van der Waals surface area contributed by atoms with Gasteiger partial charge in [0.05, 0.1) is 10.6 Å². The van der Waals surface area contributed by atoms with E-state index in [1.54, 1.807) is 32.9 Å². The van der Waals surface area contributed by atoms with Gasteiger partial charge >= 0.3 is 5.97 Å². The summed E-state index contributed by atoms with van der Waals surface area (Å²) in [6.07, 6.45) is -1.71. The van der Waals surface area contributed by atoms with Gasteiger partial charge in [-0.05, 0) is 45.0 Å². The summed E-state index contributed by atoms with van der Waals surface area (Å²) in [5.74, 6) is -1.65. The van der Waals surface area contributed by atoms with Gasteiger partial charge < -0.3 is 9.84 Å². The van der Waals surface area contributed by atoms with E-state index in [2.05, 4.69) is 15.9 Å². The van der Waals surface area contributed by atoms with Crippen molar-refractivity contribution >= 4 is 31.7 Å². The van der Waals surface area contributed by atoms with Crippen LogP contribution in [0.1, 0.15) is 20.8 Å². The minimum atomic E-state index is -3.75. The molecule has 0 heterocycles. The van der Waals surface area contributed by atoms with Gasteiger partial charge in [-0.2, -0.15) is 0 Å². The number of carbonyl (C=O) groups is 1. The average molecular weight is 365 g/mol. The molecule has 20 heavy (non-hydrogen) atoms. The summed E-state index contributed by atoms with van der Waals surface area (Å²) in [7, 11) is -3.75. The molecule has 1 aromatic carbocycles. The number of rotatable bonds is 4. The van der Waals surface area contributed by atoms with Gasteiger partial charge in [0, 0.05) is 4.47 Å². The average Bonchev–Trinajstić information content (AvgIpc) is 2.26. The Balaban J connectivity index is 2.81. The van der Waals surface area contributed by atoms with Crippen molar-refractivity contribution < 1.29 is 23.1 Å². The van der Waals surface area contributed by atoms with Gasteiger partial charge in [-0.25, -0.2) is 13.2 Å². The quantitative estimate of drug-likeness (QED) is 0.825. The van der Waals surface area contributed by atoms with Crippen LogP contribution < -0.4 is 0 Å². The highest BCUT2D eigenvalue weighted by Gasteiger charge is 2.28. The number of benzene rings is 1. The lowest BCUT2D eigenvalue weighted by molar-refractivity contribution is -0.163. The van der Waals surface area contributed by atoms with Crippen molar-refractivity contribution in [1.29, 1.82) is 0 Å². The van der Waals surface area contributed by atoms with Crippen molar-refractivity contribution in [2.75, 3.05) is 5.75 Å². The lowest BCUT2D eigenvalue weighted by Crippen LogP contribution is -2.36. The van der Waals surface area contributed by atoms with Crippen LogP contribution in [0.25, 0.3) is 0 Å². The zero-order valence-electron chi connectivity index (χ0n) is 11.5. The first kappa shape index (κ1) is 17.1. The Morgan fingerprint density at radius 1 is 1.30 bits per heavy atom. The Morgan fingerprint density at radius 3 is 2.25 bits per heavy atom. The van der Waals surface area contributed by atoms with Gasteiger partial charge in [0.15, 0.2) is 15.9 Å². The largest absolute Gasteiger partial charge is 0.458 e. The second kappa shape index (κ2) is 6.24. The van der Waals surface area contributed by atoms with E-state index in [0.717, 1.165) is 4.47 Å².